The Kier molecular flexibility index (Phi) is 10.6. The summed E-state index contributed by atoms with van der Waals surface area (Å²) in [4.78, 5) is 39.9. The van der Waals surface area contributed by atoms with Crippen molar-refractivity contribution in [1.82, 2.24) is 5.32 Å². The van der Waals surface area contributed by atoms with Crippen molar-refractivity contribution >= 4 is 46.9 Å². The third kappa shape index (κ3) is 8.73. The minimum absolute atomic E-state index is 0.00582. The first-order valence-electron chi connectivity index (χ1n) is 13.5. The molecule has 0 saturated heterocycles. The average molecular weight is 596 g/mol. The van der Waals surface area contributed by atoms with Crippen molar-refractivity contribution < 1.29 is 23.9 Å². The van der Waals surface area contributed by atoms with Crippen LogP contribution in [0, 0.1) is 13.8 Å². The molecule has 4 aromatic carbocycles. The van der Waals surface area contributed by atoms with Crippen LogP contribution in [0.15, 0.2) is 102 Å². The maximum absolute atomic E-state index is 13.5. The monoisotopic (exact) mass is 595 g/mol. The molecule has 220 valence electrons. The van der Waals surface area contributed by atoms with Gasteiger partial charge < -0.3 is 25.4 Å². The molecule has 3 N–H and O–H groups in total. The Morgan fingerprint density at radius 3 is 2.19 bits per heavy atom. The Labute approximate surface area is 255 Å². The molecule has 0 aliphatic rings. The number of rotatable bonds is 11. The number of benzene rings is 4. The van der Waals surface area contributed by atoms with E-state index in [1.807, 2.05) is 38.1 Å². The lowest BCUT2D eigenvalue weighted by molar-refractivity contribution is -0.114. The largest absolute Gasteiger partial charge is 0.493 e. The highest BCUT2D eigenvalue weighted by Crippen LogP contribution is 2.32. The molecule has 0 aliphatic carbocycles. The number of hydrogen-bond acceptors (Lipinski definition) is 6. The van der Waals surface area contributed by atoms with Crippen LogP contribution in [0.5, 0.6) is 11.5 Å². The number of aryl methyl sites for hydroxylation is 2. The van der Waals surface area contributed by atoms with Gasteiger partial charge in [-0.05, 0) is 79.6 Å². The van der Waals surface area contributed by atoms with E-state index in [0.717, 1.165) is 21.7 Å². The number of methoxy groups -OCH3 is 2. The molecule has 0 aliphatic heterocycles. The van der Waals surface area contributed by atoms with Gasteiger partial charge in [-0.2, -0.15) is 0 Å². The standard InChI is InChI=1S/C34H33N3O5S/c1-22-16-23(2)18-27(17-22)35-31(38)21-43-28-14-9-13-26(20-28)36-34(40)29(37-33(39)24-10-6-5-7-11-24)19-25-12-8-15-30(41-3)32(25)42-4/h5-20H,21H2,1-4H3,(H,35,38)(H,36,40)(H,37,39)/b29-19+. The van der Waals surface area contributed by atoms with E-state index in [-0.39, 0.29) is 17.4 Å². The molecule has 0 atom stereocenters. The Morgan fingerprint density at radius 2 is 1.49 bits per heavy atom. The minimum Gasteiger partial charge on any atom is -0.493 e. The molecule has 3 amide bonds. The summed E-state index contributed by atoms with van der Waals surface area (Å²) in [6, 6.07) is 26.9. The van der Waals surface area contributed by atoms with Crippen LogP contribution >= 0.6 is 11.8 Å². The predicted octanol–water partition coefficient (Wildman–Crippen LogP) is 6.46. The van der Waals surface area contributed by atoms with Crippen molar-refractivity contribution in [1.29, 1.82) is 0 Å². The third-order valence-corrected chi connectivity index (χ3v) is 7.22. The zero-order valence-corrected chi connectivity index (χ0v) is 25.2. The van der Waals surface area contributed by atoms with Crippen LogP contribution in [-0.4, -0.2) is 37.7 Å². The molecule has 8 nitrogen and oxygen atoms in total. The SMILES string of the molecule is COc1cccc(/C=C(/NC(=O)c2ccccc2)C(=O)Nc2cccc(SCC(=O)Nc3cc(C)cc(C)c3)c2)c1OC. The van der Waals surface area contributed by atoms with Gasteiger partial charge in [-0.25, -0.2) is 0 Å². The van der Waals surface area contributed by atoms with Crippen LogP contribution in [0.3, 0.4) is 0 Å². The molecule has 43 heavy (non-hydrogen) atoms. The van der Waals surface area contributed by atoms with Crippen LogP contribution in [0.4, 0.5) is 11.4 Å². The van der Waals surface area contributed by atoms with E-state index in [2.05, 4.69) is 16.0 Å². The fourth-order valence-corrected chi connectivity index (χ4v) is 5.13. The van der Waals surface area contributed by atoms with Gasteiger partial charge in [0.25, 0.3) is 11.8 Å². The number of nitrogens with one attached hydrogen (secondary N) is 3. The van der Waals surface area contributed by atoms with E-state index in [9.17, 15) is 14.4 Å². The lowest BCUT2D eigenvalue weighted by atomic mass is 10.1. The predicted molar refractivity (Wildman–Crippen MR) is 172 cm³/mol. The van der Waals surface area contributed by atoms with E-state index >= 15 is 0 Å². The molecule has 9 heteroatoms. The zero-order valence-electron chi connectivity index (χ0n) is 24.4. The van der Waals surface area contributed by atoms with Crippen LogP contribution in [-0.2, 0) is 9.59 Å². The average Bonchev–Trinajstić information content (AvgIpc) is 2.99. The van der Waals surface area contributed by atoms with Gasteiger partial charge in [0.1, 0.15) is 5.70 Å². The van der Waals surface area contributed by atoms with Crippen molar-refractivity contribution in [3.05, 3.63) is 119 Å². The Balaban J connectivity index is 1.51. The second-order valence-corrected chi connectivity index (χ2v) is 10.7. The van der Waals surface area contributed by atoms with Crippen LogP contribution < -0.4 is 25.4 Å². The fourth-order valence-electron chi connectivity index (χ4n) is 4.38. The summed E-state index contributed by atoms with van der Waals surface area (Å²) >= 11 is 1.35. The Bertz CT molecular complexity index is 1630. The number of ether oxygens (including phenoxy) is 2. The van der Waals surface area contributed by atoms with Gasteiger partial charge in [0.2, 0.25) is 5.91 Å². The summed E-state index contributed by atoms with van der Waals surface area (Å²) in [5.41, 5.74) is 4.35. The molecule has 0 saturated carbocycles. The Morgan fingerprint density at radius 1 is 0.767 bits per heavy atom. The van der Waals surface area contributed by atoms with Crippen molar-refractivity contribution in [3.8, 4) is 11.5 Å². The smallest absolute Gasteiger partial charge is 0.272 e. The van der Waals surface area contributed by atoms with Gasteiger partial charge in [-0.1, -0.05) is 42.5 Å². The molecule has 4 aromatic rings. The van der Waals surface area contributed by atoms with Crippen LogP contribution in [0.25, 0.3) is 6.08 Å². The van der Waals surface area contributed by atoms with Gasteiger partial charge in [0, 0.05) is 27.4 Å². The summed E-state index contributed by atoms with van der Waals surface area (Å²) in [5, 5.41) is 8.52. The highest BCUT2D eigenvalue weighted by Gasteiger charge is 2.17. The fraction of sp³-hybridized carbons (Fsp3) is 0.147. The second kappa shape index (κ2) is 14.7. The number of carbonyl (C=O) groups is 3. The lowest BCUT2D eigenvalue weighted by Crippen LogP contribution is -2.30. The molecule has 4 rings (SSSR count). The first-order valence-corrected chi connectivity index (χ1v) is 14.5. The van der Waals surface area contributed by atoms with Gasteiger partial charge >= 0.3 is 0 Å². The molecule has 0 heterocycles. The molecule has 0 aromatic heterocycles. The molecular formula is C34H33N3O5S. The van der Waals surface area contributed by atoms with Crippen LogP contribution in [0.1, 0.15) is 27.0 Å². The topological polar surface area (TPSA) is 106 Å². The molecule has 0 radical (unpaired) electrons. The maximum atomic E-state index is 13.5. The van der Waals surface area contributed by atoms with E-state index in [4.69, 9.17) is 9.47 Å². The highest BCUT2D eigenvalue weighted by molar-refractivity contribution is 8.00. The molecule has 0 spiro atoms. The van der Waals surface area contributed by atoms with Gasteiger partial charge in [-0.15, -0.1) is 11.8 Å². The zero-order chi connectivity index (χ0) is 30.8. The Hall–Kier alpha value is -5.02. The number of para-hydroxylation sites is 1. The number of anilines is 2. The summed E-state index contributed by atoms with van der Waals surface area (Å²) < 4.78 is 10.9. The van der Waals surface area contributed by atoms with Crippen molar-refractivity contribution in [3.63, 3.8) is 0 Å². The molecule has 0 unspecified atom stereocenters. The minimum atomic E-state index is -0.538. The second-order valence-electron chi connectivity index (χ2n) is 9.66. The highest BCUT2D eigenvalue weighted by atomic mass is 32.2. The quantitative estimate of drug-likeness (QED) is 0.136. The lowest BCUT2D eigenvalue weighted by Gasteiger charge is -2.14. The molecular weight excluding hydrogens is 562 g/mol. The normalized spacial score (nSPS) is 10.9. The van der Waals surface area contributed by atoms with E-state index in [0.29, 0.717) is 28.3 Å². The van der Waals surface area contributed by atoms with Gasteiger partial charge in [-0.3, -0.25) is 14.4 Å². The van der Waals surface area contributed by atoms with E-state index in [1.165, 1.54) is 32.1 Å². The van der Waals surface area contributed by atoms with Crippen LogP contribution in [0.2, 0.25) is 0 Å². The van der Waals surface area contributed by atoms with Gasteiger partial charge in [0.15, 0.2) is 11.5 Å². The van der Waals surface area contributed by atoms with Gasteiger partial charge in [0.05, 0.1) is 20.0 Å². The summed E-state index contributed by atoms with van der Waals surface area (Å²) in [7, 11) is 3.02. The third-order valence-electron chi connectivity index (χ3n) is 6.23. The number of amides is 3. The number of hydrogen-bond donors (Lipinski definition) is 3. The first-order chi connectivity index (χ1) is 20.7. The number of carbonyl (C=O) groups excluding carboxylic acids is 3. The van der Waals surface area contributed by atoms with Crippen molar-refractivity contribution in [2.75, 3.05) is 30.6 Å². The summed E-state index contributed by atoms with van der Waals surface area (Å²) in [6.07, 6.45) is 1.54. The van der Waals surface area contributed by atoms with Crippen molar-refractivity contribution in [2.24, 2.45) is 0 Å². The maximum Gasteiger partial charge on any atom is 0.272 e. The molecule has 0 bridgehead atoms. The van der Waals surface area contributed by atoms with E-state index in [1.54, 1.807) is 66.7 Å². The summed E-state index contributed by atoms with van der Waals surface area (Å²) in [5.74, 6) is -0.0194. The number of thioether (sulfide) groups is 1. The van der Waals surface area contributed by atoms with Crippen molar-refractivity contribution in [2.45, 2.75) is 18.7 Å². The molecule has 0 fully saturated rings. The van der Waals surface area contributed by atoms with E-state index < -0.39 is 11.8 Å². The summed E-state index contributed by atoms with van der Waals surface area (Å²) in [6.45, 7) is 3.97. The first kappa shape index (κ1) is 30.9.